The van der Waals surface area contributed by atoms with Crippen LogP contribution in [0.1, 0.15) is 18.4 Å². The summed E-state index contributed by atoms with van der Waals surface area (Å²) in [6.07, 6.45) is 1.92. The maximum absolute atomic E-state index is 9.25. The zero-order chi connectivity index (χ0) is 13.1. The Morgan fingerprint density at radius 3 is 2.84 bits per heavy atom. The van der Waals surface area contributed by atoms with Gasteiger partial charge in [-0.1, -0.05) is 18.2 Å². The smallest absolute Gasteiger partial charge is 0.144 e. The first-order valence-electron chi connectivity index (χ1n) is 6.51. The SMILES string of the molecule is N#Cc1cc2ccccc2nc1NC1CCOCC1. The Morgan fingerprint density at radius 2 is 2.05 bits per heavy atom. The number of fused-ring (bicyclic) bond motifs is 1. The molecule has 0 saturated carbocycles. The van der Waals surface area contributed by atoms with Crippen molar-refractivity contribution in [3.05, 3.63) is 35.9 Å². The van der Waals surface area contributed by atoms with E-state index in [0.717, 1.165) is 37.0 Å². The summed E-state index contributed by atoms with van der Waals surface area (Å²) in [5.74, 6) is 0.688. The highest BCUT2D eigenvalue weighted by atomic mass is 16.5. The van der Waals surface area contributed by atoms with E-state index >= 15 is 0 Å². The molecule has 2 aromatic rings. The van der Waals surface area contributed by atoms with E-state index in [1.165, 1.54) is 0 Å². The monoisotopic (exact) mass is 253 g/mol. The first-order chi connectivity index (χ1) is 9.36. The Hall–Kier alpha value is -2.12. The molecule has 4 heteroatoms. The molecule has 0 atom stereocenters. The molecule has 19 heavy (non-hydrogen) atoms. The first-order valence-corrected chi connectivity index (χ1v) is 6.51. The number of aromatic nitrogens is 1. The van der Waals surface area contributed by atoms with Crippen LogP contribution in [0.2, 0.25) is 0 Å². The van der Waals surface area contributed by atoms with E-state index in [1.54, 1.807) is 0 Å². The Bertz CT molecular complexity index is 627. The lowest BCUT2D eigenvalue weighted by molar-refractivity contribution is 0.0904. The number of pyridine rings is 1. The van der Waals surface area contributed by atoms with Crippen LogP contribution in [0.5, 0.6) is 0 Å². The van der Waals surface area contributed by atoms with Crippen molar-refractivity contribution >= 4 is 16.7 Å². The summed E-state index contributed by atoms with van der Waals surface area (Å²) < 4.78 is 5.34. The summed E-state index contributed by atoms with van der Waals surface area (Å²) in [4.78, 5) is 4.57. The van der Waals surface area contributed by atoms with Crippen molar-refractivity contribution < 1.29 is 4.74 Å². The number of anilines is 1. The fourth-order valence-electron chi connectivity index (χ4n) is 2.35. The second-order valence-corrected chi connectivity index (χ2v) is 4.72. The Balaban J connectivity index is 1.94. The number of para-hydroxylation sites is 1. The molecule has 1 aliphatic heterocycles. The zero-order valence-electron chi connectivity index (χ0n) is 10.6. The summed E-state index contributed by atoms with van der Waals surface area (Å²) in [7, 11) is 0. The molecule has 96 valence electrons. The maximum atomic E-state index is 9.25. The second-order valence-electron chi connectivity index (χ2n) is 4.72. The van der Waals surface area contributed by atoms with E-state index in [9.17, 15) is 5.26 Å². The number of hydrogen-bond donors (Lipinski definition) is 1. The van der Waals surface area contributed by atoms with Crippen molar-refractivity contribution in [2.24, 2.45) is 0 Å². The Morgan fingerprint density at radius 1 is 1.26 bits per heavy atom. The molecular weight excluding hydrogens is 238 g/mol. The predicted octanol–water partition coefficient (Wildman–Crippen LogP) is 2.70. The standard InChI is InChI=1S/C15H15N3O/c16-10-12-9-11-3-1-2-4-14(11)18-15(12)17-13-5-7-19-8-6-13/h1-4,9,13H,5-8H2,(H,17,18). The predicted molar refractivity (Wildman–Crippen MR) is 73.9 cm³/mol. The van der Waals surface area contributed by atoms with Crippen molar-refractivity contribution in [3.8, 4) is 6.07 Å². The summed E-state index contributed by atoms with van der Waals surface area (Å²) >= 11 is 0. The number of rotatable bonds is 2. The van der Waals surface area contributed by atoms with Crippen LogP contribution in [-0.4, -0.2) is 24.2 Å². The second kappa shape index (κ2) is 5.25. The van der Waals surface area contributed by atoms with Crippen molar-refractivity contribution in [1.82, 2.24) is 4.98 Å². The number of nitriles is 1. The third-order valence-electron chi connectivity index (χ3n) is 3.41. The van der Waals surface area contributed by atoms with E-state index < -0.39 is 0 Å². The van der Waals surface area contributed by atoms with Crippen LogP contribution in [0.4, 0.5) is 5.82 Å². The molecule has 1 aliphatic rings. The highest BCUT2D eigenvalue weighted by Gasteiger charge is 2.16. The third-order valence-corrected chi connectivity index (χ3v) is 3.41. The summed E-state index contributed by atoms with van der Waals surface area (Å²) in [5.41, 5.74) is 1.52. The molecule has 0 spiro atoms. The molecule has 0 bridgehead atoms. The fourth-order valence-corrected chi connectivity index (χ4v) is 2.35. The summed E-state index contributed by atoms with van der Waals surface area (Å²) in [5, 5.41) is 13.6. The van der Waals surface area contributed by atoms with Crippen molar-refractivity contribution in [2.75, 3.05) is 18.5 Å². The molecule has 0 unspecified atom stereocenters. The first kappa shape index (κ1) is 11.9. The molecule has 1 saturated heterocycles. The van der Waals surface area contributed by atoms with Crippen LogP contribution in [-0.2, 0) is 4.74 Å². The van der Waals surface area contributed by atoms with E-state index in [-0.39, 0.29) is 0 Å². The van der Waals surface area contributed by atoms with Gasteiger partial charge in [-0.15, -0.1) is 0 Å². The van der Waals surface area contributed by atoms with E-state index in [4.69, 9.17) is 4.74 Å². The van der Waals surface area contributed by atoms with Crippen molar-refractivity contribution in [2.45, 2.75) is 18.9 Å². The maximum Gasteiger partial charge on any atom is 0.144 e. The van der Waals surface area contributed by atoms with Gasteiger partial charge in [-0.2, -0.15) is 5.26 Å². The molecular formula is C15H15N3O. The van der Waals surface area contributed by atoms with Gasteiger partial charge in [0.2, 0.25) is 0 Å². The lowest BCUT2D eigenvalue weighted by Crippen LogP contribution is -2.28. The van der Waals surface area contributed by atoms with Crippen LogP contribution < -0.4 is 5.32 Å². The van der Waals surface area contributed by atoms with Crippen LogP contribution >= 0.6 is 0 Å². The molecule has 1 fully saturated rings. The molecule has 1 N–H and O–H groups in total. The van der Waals surface area contributed by atoms with Gasteiger partial charge in [0, 0.05) is 24.6 Å². The minimum atomic E-state index is 0.342. The number of ether oxygens (including phenoxy) is 1. The molecule has 4 nitrogen and oxygen atoms in total. The van der Waals surface area contributed by atoms with Gasteiger partial charge in [0.1, 0.15) is 11.9 Å². The number of benzene rings is 1. The third kappa shape index (κ3) is 2.51. The average molecular weight is 253 g/mol. The van der Waals surface area contributed by atoms with Crippen LogP contribution in [0, 0.1) is 11.3 Å². The molecule has 0 amide bonds. The number of nitrogens with one attached hydrogen (secondary N) is 1. The lowest BCUT2D eigenvalue weighted by Gasteiger charge is -2.24. The van der Waals surface area contributed by atoms with Gasteiger partial charge >= 0.3 is 0 Å². The Labute approximate surface area is 112 Å². The highest BCUT2D eigenvalue weighted by Crippen LogP contribution is 2.22. The van der Waals surface area contributed by atoms with Crippen LogP contribution in [0.3, 0.4) is 0 Å². The molecule has 2 heterocycles. The van der Waals surface area contributed by atoms with Gasteiger partial charge in [-0.25, -0.2) is 4.98 Å². The van der Waals surface area contributed by atoms with Gasteiger partial charge in [0.25, 0.3) is 0 Å². The number of nitrogens with zero attached hydrogens (tertiary/aromatic N) is 2. The average Bonchev–Trinajstić information content (AvgIpc) is 2.47. The van der Waals surface area contributed by atoms with E-state index in [0.29, 0.717) is 17.4 Å². The molecule has 0 aliphatic carbocycles. The summed E-state index contributed by atoms with van der Waals surface area (Å²) in [6, 6.07) is 12.3. The Kier molecular flexibility index (Phi) is 3.30. The largest absolute Gasteiger partial charge is 0.381 e. The van der Waals surface area contributed by atoms with E-state index in [1.807, 2.05) is 30.3 Å². The molecule has 1 aromatic carbocycles. The quantitative estimate of drug-likeness (QED) is 0.894. The number of hydrogen-bond acceptors (Lipinski definition) is 4. The minimum absolute atomic E-state index is 0.342. The normalized spacial score (nSPS) is 16.2. The van der Waals surface area contributed by atoms with Crippen molar-refractivity contribution in [3.63, 3.8) is 0 Å². The lowest BCUT2D eigenvalue weighted by atomic mass is 10.1. The van der Waals surface area contributed by atoms with Crippen LogP contribution in [0.15, 0.2) is 30.3 Å². The van der Waals surface area contributed by atoms with Gasteiger partial charge < -0.3 is 10.1 Å². The van der Waals surface area contributed by atoms with Crippen LogP contribution in [0.25, 0.3) is 10.9 Å². The van der Waals surface area contributed by atoms with Gasteiger partial charge in [-0.3, -0.25) is 0 Å². The zero-order valence-corrected chi connectivity index (χ0v) is 10.6. The van der Waals surface area contributed by atoms with Gasteiger partial charge in [0.15, 0.2) is 0 Å². The summed E-state index contributed by atoms with van der Waals surface area (Å²) in [6.45, 7) is 1.54. The molecule has 0 radical (unpaired) electrons. The van der Waals surface area contributed by atoms with E-state index in [2.05, 4.69) is 16.4 Å². The van der Waals surface area contributed by atoms with Gasteiger partial charge in [-0.05, 0) is 25.0 Å². The van der Waals surface area contributed by atoms with Gasteiger partial charge in [0.05, 0.1) is 11.1 Å². The molecule has 3 rings (SSSR count). The molecule has 1 aromatic heterocycles. The topological polar surface area (TPSA) is 57.9 Å². The fraction of sp³-hybridized carbons (Fsp3) is 0.333. The highest BCUT2D eigenvalue weighted by molar-refractivity contribution is 5.82. The van der Waals surface area contributed by atoms with Crippen molar-refractivity contribution in [1.29, 1.82) is 5.26 Å². The minimum Gasteiger partial charge on any atom is -0.381 e.